The molecule has 1 aromatic carbocycles. The fraction of sp³-hybridized carbons (Fsp3) is 0.250. The summed E-state index contributed by atoms with van der Waals surface area (Å²) in [5.41, 5.74) is 0.681. The Labute approximate surface area is 107 Å². The molecule has 0 amide bonds. The van der Waals surface area contributed by atoms with E-state index in [1.165, 1.54) is 12.1 Å². The highest BCUT2D eigenvalue weighted by Gasteiger charge is 2.08. The van der Waals surface area contributed by atoms with Gasteiger partial charge in [0, 0.05) is 23.0 Å². The van der Waals surface area contributed by atoms with Crippen molar-refractivity contribution < 1.29 is 8.81 Å². The summed E-state index contributed by atoms with van der Waals surface area (Å²) < 4.78 is 19.4. The highest BCUT2D eigenvalue weighted by molar-refractivity contribution is 9.10. The maximum absolute atomic E-state index is 13.2. The molecule has 0 unspecified atom stereocenters. The molecule has 0 aliphatic carbocycles. The van der Waals surface area contributed by atoms with Crippen LogP contribution in [0.2, 0.25) is 0 Å². The summed E-state index contributed by atoms with van der Waals surface area (Å²) in [7, 11) is 1.87. The molecule has 90 valence electrons. The van der Waals surface area contributed by atoms with E-state index >= 15 is 0 Å². The Kier molecular flexibility index (Phi) is 3.91. The largest absolute Gasteiger partial charge is 0.441 e. The number of nitrogens with one attached hydrogen (secondary N) is 1. The Hall–Kier alpha value is -1.20. The van der Waals surface area contributed by atoms with E-state index in [0.717, 1.165) is 6.54 Å². The molecule has 1 N–H and O–H groups in total. The van der Waals surface area contributed by atoms with Crippen LogP contribution < -0.4 is 5.32 Å². The molecule has 0 radical (unpaired) electrons. The van der Waals surface area contributed by atoms with E-state index in [4.69, 9.17) is 4.42 Å². The Balaban J connectivity index is 2.24. The number of aromatic nitrogens is 1. The summed E-state index contributed by atoms with van der Waals surface area (Å²) in [6, 6.07) is 4.63. The molecule has 0 aliphatic rings. The van der Waals surface area contributed by atoms with Crippen LogP contribution in [0.3, 0.4) is 0 Å². The van der Waals surface area contributed by atoms with E-state index in [2.05, 4.69) is 26.2 Å². The average molecular weight is 299 g/mol. The van der Waals surface area contributed by atoms with Gasteiger partial charge in [0.1, 0.15) is 5.82 Å². The first-order valence-electron chi connectivity index (χ1n) is 5.25. The smallest absolute Gasteiger partial charge is 0.196 e. The standard InChI is InChI=1S/C12H12BrFN2O/c1-15-3-2-12-16-7-11(17-12)8-4-9(13)6-10(14)5-8/h4-7,15H,2-3H2,1H3. The molecule has 0 bridgehead atoms. The number of halogens is 2. The first-order valence-corrected chi connectivity index (χ1v) is 6.04. The van der Waals surface area contributed by atoms with Crippen LogP contribution in [-0.2, 0) is 6.42 Å². The summed E-state index contributed by atoms with van der Waals surface area (Å²) in [5.74, 6) is 0.925. The van der Waals surface area contributed by atoms with Crippen molar-refractivity contribution in [3.05, 3.63) is 40.6 Å². The lowest BCUT2D eigenvalue weighted by atomic mass is 10.2. The second-order valence-corrected chi connectivity index (χ2v) is 4.55. The summed E-state index contributed by atoms with van der Waals surface area (Å²) in [4.78, 5) is 4.14. The van der Waals surface area contributed by atoms with Crippen LogP contribution in [0, 0.1) is 5.82 Å². The number of nitrogens with zero attached hydrogens (tertiary/aromatic N) is 1. The van der Waals surface area contributed by atoms with Gasteiger partial charge in [-0.15, -0.1) is 0 Å². The van der Waals surface area contributed by atoms with Gasteiger partial charge in [-0.1, -0.05) is 15.9 Å². The average Bonchev–Trinajstić information content (AvgIpc) is 2.73. The van der Waals surface area contributed by atoms with E-state index in [9.17, 15) is 4.39 Å². The molecule has 0 saturated carbocycles. The molecule has 0 saturated heterocycles. The zero-order chi connectivity index (χ0) is 12.3. The Morgan fingerprint density at radius 1 is 1.41 bits per heavy atom. The van der Waals surface area contributed by atoms with Crippen LogP contribution in [-0.4, -0.2) is 18.6 Å². The van der Waals surface area contributed by atoms with Crippen LogP contribution >= 0.6 is 15.9 Å². The van der Waals surface area contributed by atoms with Crippen molar-refractivity contribution in [1.29, 1.82) is 0 Å². The maximum atomic E-state index is 13.2. The summed E-state index contributed by atoms with van der Waals surface area (Å²) in [5, 5.41) is 3.02. The van der Waals surface area contributed by atoms with Gasteiger partial charge in [-0.05, 0) is 25.2 Å². The number of likely N-dealkylation sites (N-methyl/N-ethyl adjacent to an activating group) is 1. The van der Waals surface area contributed by atoms with Gasteiger partial charge in [-0.25, -0.2) is 9.37 Å². The van der Waals surface area contributed by atoms with Crippen molar-refractivity contribution in [1.82, 2.24) is 10.3 Å². The molecule has 2 rings (SSSR count). The molecule has 3 nitrogen and oxygen atoms in total. The monoisotopic (exact) mass is 298 g/mol. The van der Waals surface area contributed by atoms with Crippen molar-refractivity contribution >= 4 is 15.9 Å². The second kappa shape index (κ2) is 5.42. The molecule has 5 heteroatoms. The van der Waals surface area contributed by atoms with Crippen molar-refractivity contribution in [3.63, 3.8) is 0 Å². The third kappa shape index (κ3) is 3.14. The molecule has 0 fully saturated rings. The minimum Gasteiger partial charge on any atom is -0.441 e. The SMILES string of the molecule is CNCCc1ncc(-c2cc(F)cc(Br)c2)o1. The minimum absolute atomic E-state index is 0.303. The van der Waals surface area contributed by atoms with E-state index in [0.29, 0.717) is 28.1 Å². The predicted molar refractivity (Wildman–Crippen MR) is 67.2 cm³/mol. The lowest BCUT2D eigenvalue weighted by Crippen LogP contribution is -2.10. The van der Waals surface area contributed by atoms with Crippen molar-refractivity contribution in [2.45, 2.75) is 6.42 Å². The minimum atomic E-state index is -0.303. The van der Waals surface area contributed by atoms with Gasteiger partial charge < -0.3 is 9.73 Å². The summed E-state index contributed by atoms with van der Waals surface area (Å²) in [6.45, 7) is 0.798. The quantitative estimate of drug-likeness (QED) is 0.943. The Bertz CT molecular complexity index is 493. The molecule has 0 atom stereocenters. The third-order valence-electron chi connectivity index (χ3n) is 2.29. The van der Waals surface area contributed by atoms with Crippen molar-refractivity contribution in [3.8, 4) is 11.3 Å². The van der Waals surface area contributed by atoms with E-state index in [-0.39, 0.29) is 5.82 Å². The first kappa shape index (κ1) is 12.3. The molecule has 2 aromatic rings. The van der Waals surface area contributed by atoms with Gasteiger partial charge >= 0.3 is 0 Å². The van der Waals surface area contributed by atoms with Gasteiger partial charge in [-0.2, -0.15) is 0 Å². The van der Waals surface area contributed by atoms with E-state index in [1.54, 1.807) is 12.3 Å². The number of benzene rings is 1. The summed E-state index contributed by atoms with van der Waals surface area (Å²) >= 11 is 3.25. The molecule has 1 heterocycles. The third-order valence-corrected chi connectivity index (χ3v) is 2.75. The van der Waals surface area contributed by atoms with Crippen LogP contribution in [0.4, 0.5) is 4.39 Å². The Morgan fingerprint density at radius 3 is 2.94 bits per heavy atom. The topological polar surface area (TPSA) is 38.1 Å². The fourth-order valence-electron chi connectivity index (χ4n) is 1.49. The van der Waals surface area contributed by atoms with Gasteiger partial charge in [0.05, 0.1) is 6.20 Å². The predicted octanol–water partition coefficient (Wildman–Crippen LogP) is 3.01. The normalized spacial score (nSPS) is 10.8. The van der Waals surface area contributed by atoms with Crippen LogP contribution in [0.25, 0.3) is 11.3 Å². The lowest BCUT2D eigenvalue weighted by molar-refractivity contribution is 0.500. The van der Waals surface area contributed by atoms with Gasteiger partial charge in [0.25, 0.3) is 0 Å². The van der Waals surface area contributed by atoms with E-state index in [1.807, 2.05) is 7.05 Å². The zero-order valence-corrected chi connectivity index (χ0v) is 10.9. The highest BCUT2D eigenvalue weighted by Crippen LogP contribution is 2.25. The number of oxazole rings is 1. The van der Waals surface area contributed by atoms with Crippen LogP contribution in [0.15, 0.2) is 33.3 Å². The number of hydrogen-bond donors (Lipinski definition) is 1. The number of rotatable bonds is 4. The molecule has 0 spiro atoms. The van der Waals surface area contributed by atoms with E-state index < -0.39 is 0 Å². The van der Waals surface area contributed by atoms with Crippen LogP contribution in [0.1, 0.15) is 5.89 Å². The van der Waals surface area contributed by atoms with Crippen molar-refractivity contribution in [2.24, 2.45) is 0 Å². The Morgan fingerprint density at radius 2 is 2.24 bits per heavy atom. The number of hydrogen-bond acceptors (Lipinski definition) is 3. The highest BCUT2D eigenvalue weighted by atomic mass is 79.9. The fourth-order valence-corrected chi connectivity index (χ4v) is 1.95. The van der Waals surface area contributed by atoms with Gasteiger partial charge in [0.2, 0.25) is 0 Å². The molecular formula is C12H12BrFN2O. The van der Waals surface area contributed by atoms with Crippen molar-refractivity contribution in [2.75, 3.05) is 13.6 Å². The molecular weight excluding hydrogens is 287 g/mol. The second-order valence-electron chi connectivity index (χ2n) is 3.63. The lowest BCUT2D eigenvalue weighted by Gasteiger charge is -1.98. The van der Waals surface area contributed by atoms with Crippen LogP contribution in [0.5, 0.6) is 0 Å². The van der Waals surface area contributed by atoms with Gasteiger partial charge in [-0.3, -0.25) is 0 Å². The molecule has 1 aromatic heterocycles. The zero-order valence-electron chi connectivity index (χ0n) is 9.34. The summed E-state index contributed by atoms with van der Waals surface area (Å²) in [6.07, 6.45) is 2.33. The first-order chi connectivity index (χ1) is 8.19. The van der Waals surface area contributed by atoms with Gasteiger partial charge in [0.15, 0.2) is 11.7 Å². The maximum Gasteiger partial charge on any atom is 0.196 e. The molecule has 17 heavy (non-hydrogen) atoms. The molecule has 0 aliphatic heterocycles.